The summed E-state index contributed by atoms with van der Waals surface area (Å²) in [5.41, 5.74) is 11.7. The predicted molar refractivity (Wildman–Crippen MR) is 149 cm³/mol. The molecule has 2 heterocycles. The molecule has 0 amide bonds. The van der Waals surface area contributed by atoms with Gasteiger partial charge in [0.2, 0.25) is 0 Å². The third-order valence-electron chi connectivity index (χ3n) is 7.04. The van der Waals surface area contributed by atoms with Crippen LogP contribution >= 0.6 is 11.6 Å². The van der Waals surface area contributed by atoms with Gasteiger partial charge < -0.3 is 19.6 Å². The van der Waals surface area contributed by atoms with Gasteiger partial charge >= 0.3 is 5.97 Å². The normalized spacial score (nSPS) is 12.9. The standard InChI is InChI=1S/C30H27ClN4O3/c1-34-18-33-17-27(34)30(32,21-7-10-23(31)11-8-21)22-9-12-26-25(15-22)24(16-28(36)35(26)2)20-6-4-5-19(13-20)14-29(37)38-3/h4-13,15-18H,14,32H2,1-3H3/t30-/m1/s1. The molecule has 0 aliphatic rings. The van der Waals surface area contributed by atoms with Crippen LogP contribution < -0.4 is 11.3 Å². The molecule has 1 atom stereocenters. The van der Waals surface area contributed by atoms with Crippen LogP contribution in [0.4, 0.5) is 0 Å². The lowest BCUT2D eigenvalue weighted by atomic mass is 9.80. The lowest BCUT2D eigenvalue weighted by Crippen LogP contribution is -2.41. The molecule has 3 aromatic carbocycles. The number of carbonyl (C=O) groups excluding carboxylic acids is 1. The Kier molecular flexibility index (Phi) is 6.65. The Morgan fingerprint density at radius 3 is 2.45 bits per heavy atom. The average Bonchev–Trinajstić information content (AvgIpc) is 3.36. The summed E-state index contributed by atoms with van der Waals surface area (Å²) >= 11 is 6.20. The number of nitrogens with zero attached hydrogens (tertiary/aromatic N) is 3. The quantitative estimate of drug-likeness (QED) is 0.327. The van der Waals surface area contributed by atoms with Gasteiger partial charge in [-0.15, -0.1) is 0 Å². The highest BCUT2D eigenvalue weighted by atomic mass is 35.5. The summed E-state index contributed by atoms with van der Waals surface area (Å²) in [6.45, 7) is 0. The number of imidazole rings is 1. The highest BCUT2D eigenvalue weighted by molar-refractivity contribution is 6.30. The number of benzene rings is 3. The van der Waals surface area contributed by atoms with Gasteiger partial charge in [0.15, 0.2) is 0 Å². The molecule has 192 valence electrons. The number of halogens is 1. The fourth-order valence-corrected chi connectivity index (χ4v) is 5.07. The molecule has 2 N–H and O–H groups in total. The van der Waals surface area contributed by atoms with E-state index in [1.165, 1.54) is 7.11 Å². The number of aryl methyl sites for hydroxylation is 2. The molecule has 5 rings (SSSR count). The summed E-state index contributed by atoms with van der Waals surface area (Å²) in [5, 5.41) is 1.47. The van der Waals surface area contributed by atoms with Crippen LogP contribution in [0, 0.1) is 0 Å². The topological polar surface area (TPSA) is 92.1 Å². The van der Waals surface area contributed by atoms with E-state index in [0.717, 1.165) is 44.4 Å². The molecular formula is C30H27ClN4O3. The molecule has 2 aromatic heterocycles. The van der Waals surface area contributed by atoms with Gasteiger partial charge in [0.1, 0.15) is 5.54 Å². The first-order valence-corrected chi connectivity index (χ1v) is 12.4. The van der Waals surface area contributed by atoms with Crippen LogP contribution in [0.15, 0.2) is 90.1 Å². The van der Waals surface area contributed by atoms with Crippen molar-refractivity contribution in [2.75, 3.05) is 7.11 Å². The van der Waals surface area contributed by atoms with Crippen molar-refractivity contribution < 1.29 is 9.53 Å². The number of hydrogen-bond donors (Lipinski definition) is 1. The molecule has 0 fully saturated rings. The third kappa shape index (κ3) is 4.40. The maximum absolute atomic E-state index is 12.9. The SMILES string of the molecule is COC(=O)Cc1cccc(-c2cc(=O)n(C)c3ccc([C@](N)(c4ccc(Cl)cc4)c4cncn4C)cc23)c1. The molecule has 7 nitrogen and oxygen atoms in total. The van der Waals surface area contributed by atoms with E-state index in [1.807, 2.05) is 78.3 Å². The van der Waals surface area contributed by atoms with E-state index in [9.17, 15) is 9.59 Å². The third-order valence-corrected chi connectivity index (χ3v) is 7.29. The van der Waals surface area contributed by atoms with Crippen LogP contribution in [0.2, 0.25) is 5.02 Å². The Hall–Kier alpha value is -4.20. The summed E-state index contributed by atoms with van der Waals surface area (Å²) in [4.78, 5) is 29.2. The highest BCUT2D eigenvalue weighted by Gasteiger charge is 2.35. The number of methoxy groups -OCH3 is 1. The lowest BCUT2D eigenvalue weighted by Gasteiger charge is -2.31. The number of pyridine rings is 1. The number of carbonyl (C=O) groups is 1. The van der Waals surface area contributed by atoms with Crippen LogP contribution in [0.25, 0.3) is 22.0 Å². The van der Waals surface area contributed by atoms with Gasteiger partial charge in [0, 0.05) is 30.6 Å². The fourth-order valence-electron chi connectivity index (χ4n) is 4.95. The first-order valence-electron chi connectivity index (χ1n) is 12.0. The van der Waals surface area contributed by atoms with Gasteiger partial charge in [-0.2, -0.15) is 0 Å². The second kappa shape index (κ2) is 9.93. The van der Waals surface area contributed by atoms with Crippen LogP contribution in [0.5, 0.6) is 0 Å². The first kappa shape index (κ1) is 25.4. The minimum Gasteiger partial charge on any atom is -0.469 e. The van der Waals surface area contributed by atoms with Gasteiger partial charge in [-0.25, -0.2) is 4.98 Å². The van der Waals surface area contributed by atoms with Gasteiger partial charge in [-0.1, -0.05) is 54.1 Å². The van der Waals surface area contributed by atoms with Crippen molar-refractivity contribution in [1.29, 1.82) is 0 Å². The monoisotopic (exact) mass is 526 g/mol. The number of fused-ring (bicyclic) bond motifs is 1. The lowest BCUT2D eigenvalue weighted by molar-refractivity contribution is -0.139. The molecule has 0 saturated carbocycles. The summed E-state index contributed by atoms with van der Waals surface area (Å²) < 4.78 is 8.35. The van der Waals surface area contributed by atoms with Crippen molar-refractivity contribution >= 4 is 28.5 Å². The molecule has 38 heavy (non-hydrogen) atoms. The van der Waals surface area contributed by atoms with Crippen molar-refractivity contribution in [2.24, 2.45) is 19.8 Å². The largest absolute Gasteiger partial charge is 0.469 e. The van der Waals surface area contributed by atoms with Crippen molar-refractivity contribution in [1.82, 2.24) is 14.1 Å². The summed E-state index contributed by atoms with van der Waals surface area (Å²) in [5.74, 6) is -0.328. The Bertz CT molecular complexity index is 1720. The van der Waals surface area contributed by atoms with Crippen LogP contribution in [0.1, 0.15) is 22.4 Å². The van der Waals surface area contributed by atoms with Crippen molar-refractivity contribution in [3.05, 3.63) is 123 Å². The van der Waals surface area contributed by atoms with Gasteiger partial charge in [0.25, 0.3) is 5.56 Å². The Morgan fingerprint density at radius 2 is 1.76 bits per heavy atom. The number of ether oxygens (including phenoxy) is 1. The Labute approximate surface area is 225 Å². The molecule has 0 bridgehead atoms. The average molecular weight is 527 g/mol. The number of esters is 1. The molecule has 8 heteroatoms. The van der Waals surface area contributed by atoms with Crippen molar-refractivity contribution in [3.8, 4) is 11.1 Å². The number of nitrogens with two attached hydrogens (primary N) is 1. The number of hydrogen-bond acceptors (Lipinski definition) is 5. The van der Waals surface area contributed by atoms with Crippen LogP contribution in [0.3, 0.4) is 0 Å². The molecular weight excluding hydrogens is 500 g/mol. The van der Waals surface area contributed by atoms with E-state index in [-0.39, 0.29) is 17.9 Å². The zero-order chi connectivity index (χ0) is 27.0. The predicted octanol–water partition coefficient (Wildman–Crippen LogP) is 4.56. The molecule has 0 spiro atoms. The maximum atomic E-state index is 12.9. The molecule has 0 radical (unpaired) electrons. The van der Waals surface area contributed by atoms with E-state index < -0.39 is 5.54 Å². The van der Waals surface area contributed by atoms with E-state index in [1.54, 1.807) is 30.2 Å². The van der Waals surface area contributed by atoms with Gasteiger partial charge in [-0.3, -0.25) is 9.59 Å². The fraction of sp³-hybridized carbons (Fsp3) is 0.167. The van der Waals surface area contributed by atoms with Gasteiger partial charge in [-0.05, 0) is 52.1 Å². The number of aromatic nitrogens is 3. The van der Waals surface area contributed by atoms with E-state index >= 15 is 0 Å². The van der Waals surface area contributed by atoms with Crippen molar-refractivity contribution in [2.45, 2.75) is 12.0 Å². The first-order chi connectivity index (χ1) is 18.2. The zero-order valence-corrected chi connectivity index (χ0v) is 22.1. The van der Waals surface area contributed by atoms with E-state index in [2.05, 4.69) is 4.98 Å². The molecule has 0 aliphatic carbocycles. The Balaban J connectivity index is 1.77. The smallest absolute Gasteiger partial charge is 0.309 e. The molecule has 0 unspecified atom stereocenters. The van der Waals surface area contributed by atoms with E-state index in [4.69, 9.17) is 22.1 Å². The van der Waals surface area contributed by atoms with Crippen molar-refractivity contribution in [3.63, 3.8) is 0 Å². The van der Waals surface area contributed by atoms with Crippen LogP contribution in [-0.2, 0) is 35.6 Å². The molecule has 5 aromatic rings. The summed E-state index contributed by atoms with van der Waals surface area (Å²) in [7, 11) is 5.02. The number of rotatable bonds is 6. The maximum Gasteiger partial charge on any atom is 0.309 e. The second-order valence-electron chi connectivity index (χ2n) is 9.35. The van der Waals surface area contributed by atoms with E-state index in [0.29, 0.717) is 5.02 Å². The van der Waals surface area contributed by atoms with Gasteiger partial charge in [0.05, 0.1) is 37.3 Å². The summed E-state index contributed by atoms with van der Waals surface area (Å²) in [6.07, 6.45) is 3.62. The Morgan fingerprint density at radius 1 is 1.03 bits per heavy atom. The second-order valence-corrected chi connectivity index (χ2v) is 9.78. The highest BCUT2D eigenvalue weighted by Crippen LogP contribution is 2.37. The van der Waals surface area contributed by atoms with Crippen LogP contribution in [-0.4, -0.2) is 27.2 Å². The molecule has 0 saturated heterocycles. The zero-order valence-electron chi connectivity index (χ0n) is 21.3. The minimum absolute atomic E-state index is 0.137. The molecule has 0 aliphatic heterocycles. The summed E-state index contributed by atoms with van der Waals surface area (Å²) in [6, 6.07) is 22.5. The minimum atomic E-state index is -1.05.